The minimum absolute atomic E-state index is 0.155. The maximum Gasteiger partial charge on any atom is 0.165 e. The van der Waals surface area contributed by atoms with Gasteiger partial charge in [0.2, 0.25) is 0 Å². The van der Waals surface area contributed by atoms with Gasteiger partial charge in [-0.15, -0.1) is 10.2 Å². The molecule has 2 aromatic rings. The maximum absolute atomic E-state index is 6.00. The molecule has 0 aliphatic carbocycles. The summed E-state index contributed by atoms with van der Waals surface area (Å²) in [5.41, 5.74) is 1.45. The second kappa shape index (κ2) is 5.70. The van der Waals surface area contributed by atoms with Crippen LogP contribution in [0.4, 0.5) is 0 Å². The molecule has 0 saturated heterocycles. The van der Waals surface area contributed by atoms with Crippen LogP contribution >= 0.6 is 35.0 Å². The van der Waals surface area contributed by atoms with Gasteiger partial charge in [-0.2, -0.15) is 0 Å². The van der Waals surface area contributed by atoms with E-state index in [0.717, 1.165) is 9.79 Å². The number of aromatic nitrogens is 2. The quantitative estimate of drug-likeness (QED) is 0.759. The predicted molar refractivity (Wildman–Crippen MR) is 81.3 cm³/mol. The number of halogens is 2. The van der Waals surface area contributed by atoms with Crippen molar-refractivity contribution in [2.75, 3.05) is 0 Å². The Balaban J connectivity index is 2.22. The minimum Gasteiger partial charge on any atom is -0.137 e. The van der Waals surface area contributed by atoms with Gasteiger partial charge < -0.3 is 0 Å². The lowest BCUT2D eigenvalue weighted by Crippen LogP contribution is -2.10. The Kier molecular flexibility index (Phi) is 4.39. The molecule has 1 aromatic heterocycles. The molecule has 0 bridgehead atoms. The van der Waals surface area contributed by atoms with Crippen molar-refractivity contribution in [3.05, 3.63) is 46.2 Å². The number of hydrogen-bond donors (Lipinski definition) is 0. The molecule has 0 fully saturated rings. The van der Waals surface area contributed by atoms with Crippen LogP contribution in [0, 0.1) is 0 Å². The largest absolute Gasteiger partial charge is 0.165 e. The summed E-state index contributed by atoms with van der Waals surface area (Å²) in [4.78, 5) is 1.91. The Hall–Kier alpha value is -0.770. The molecule has 0 amide bonds. The molecule has 5 heteroatoms. The zero-order valence-corrected chi connectivity index (χ0v) is 13.3. The number of benzene rings is 1. The van der Waals surface area contributed by atoms with Crippen LogP contribution in [0.3, 0.4) is 0 Å². The van der Waals surface area contributed by atoms with E-state index in [2.05, 4.69) is 55.2 Å². The van der Waals surface area contributed by atoms with Gasteiger partial charge in [0.15, 0.2) is 10.3 Å². The van der Waals surface area contributed by atoms with Crippen LogP contribution < -0.4 is 0 Å². The number of hydrogen-bond acceptors (Lipinski definition) is 3. The van der Waals surface area contributed by atoms with E-state index in [1.54, 1.807) is 6.07 Å². The highest BCUT2D eigenvalue weighted by atomic mass is 35.5. The van der Waals surface area contributed by atoms with Crippen molar-refractivity contribution in [1.29, 1.82) is 0 Å². The summed E-state index contributed by atoms with van der Waals surface area (Å²) in [7, 11) is 0. The van der Waals surface area contributed by atoms with Crippen LogP contribution in [0.15, 0.2) is 40.1 Å². The van der Waals surface area contributed by atoms with Crippen LogP contribution in [0.25, 0.3) is 0 Å². The molecular weight excluding hydrogens is 299 g/mol. The van der Waals surface area contributed by atoms with E-state index < -0.39 is 0 Å². The summed E-state index contributed by atoms with van der Waals surface area (Å²) >= 11 is 13.3. The molecule has 100 valence electrons. The van der Waals surface area contributed by atoms with Gasteiger partial charge in [-0.3, -0.25) is 0 Å². The first-order chi connectivity index (χ1) is 8.86. The molecule has 0 atom stereocenters. The molecule has 1 aromatic carbocycles. The first-order valence-corrected chi connectivity index (χ1v) is 7.40. The van der Waals surface area contributed by atoms with E-state index in [-0.39, 0.29) is 5.41 Å². The molecule has 19 heavy (non-hydrogen) atoms. The zero-order valence-electron chi connectivity index (χ0n) is 10.9. The fourth-order valence-electron chi connectivity index (χ4n) is 1.56. The van der Waals surface area contributed by atoms with E-state index in [1.165, 1.54) is 17.3 Å². The molecule has 0 spiro atoms. The van der Waals surface area contributed by atoms with Gasteiger partial charge in [0, 0.05) is 4.90 Å². The molecule has 0 aliphatic heterocycles. The van der Waals surface area contributed by atoms with Crippen LogP contribution in [-0.2, 0) is 5.41 Å². The maximum atomic E-state index is 6.00. The van der Waals surface area contributed by atoms with Crippen LogP contribution in [0.5, 0.6) is 0 Å². The molecule has 1 heterocycles. The van der Waals surface area contributed by atoms with Gasteiger partial charge in [-0.05, 0) is 29.2 Å². The lowest BCUT2D eigenvalue weighted by atomic mass is 9.87. The summed E-state index contributed by atoms with van der Waals surface area (Å²) < 4.78 is 0. The molecule has 0 saturated carbocycles. The van der Waals surface area contributed by atoms with Crippen LogP contribution in [0.2, 0.25) is 10.3 Å². The Bertz CT molecular complexity index is 577. The van der Waals surface area contributed by atoms with Gasteiger partial charge in [0.05, 0.1) is 4.90 Å². The molecule has 0 N–H and O–H groups in total. The molecule has 0 aliphatic rings. The molecule has 2 rings (SSSR count). The van der Waals surface area contributed by atoms with Gasteiger partial charge in [-0.25, -0.2) is 0 Å². The lowest BCUT2D eigenvalue weighted by Gasteiger charge is -2.19. The lowest BCUT2D eigenvalue weighted by molar-refractivity contribution is 0.590. The summed E-state index contributed by atoms with van der Waals surface area (Å²) in [6.45, 7) is 6.58. The summed E-state index contributed by atoms with van der Waals surface area (Å²) in [5.74, 6) is 0. The third-order valence-corrected chi connectivity index (χ3v) is 4.25. The van der Waals surface area contributed by atoms with E-state index in [9.17, 15) is 0 Å². The van der Waals surface area contributed by atoms with E-state index in [1.807, 2.05) is 0 Å². The van der Waals surface area contributed by atoms with Crippen molar-refractivity contribution in [1.82, 2.24) is 10.2 Å². The second-order valence-corrected chi connectivity index (χ2v) is 7.06. The van der Waals surface area contributed by atoms with Crippen molar-refractivity contribution in [3.8, 4) is 0 Å². The monoisotopic (exact) mass is 312 g/mol. The van der Waals surface area contributed by atoms with Crippen molar-refractivity contribution in [2.24, 2.45) is 0 Å². The van der Waals surface area contributed by atoms with Gasteiger partial charge in [-0.1, -0.05) is 67.9 Å². The van der Waals surface area contributed by atoms with E-state index >= 15 is 0 Å². The summed E-state index contributed by atoms with van der Waals surface area (Å²) in [6.07, 6.45) is 0. The van der Waals surface area contributed by atoms with Gasteiger partial charge in [0.25, 0.3) is 0 Å². The highest BCUT2D eigenvalue weighted by molar-refractivity contribution is 7.99. The number of rotatable bonds is 2. The predicted octanol–water partition coefficient (Wildman–Crippen LogP) is 5.23. The second-order valence-electron chi connectivity index (χ2n) is 5.20. The van der Waals surface area contributed by atoms with Crippen LogP contribution in [0.1, 0.15) is 26.3 Å². The summed E-state index contributed by atoms with van der Waals surface area (Å²) in [5, 5.41) is 8.21. The van der Waals surface area contributed by atoms with E-state index in [4.69, 9.17) is 23.2 Å². The molecular formula is C14H14Cl2N2S. The SMILES string of the molecule is CC(C)(C)c1ccc(Sc2cc(Cl)nnc2Cl)cc1. The Morgan fingerprint density at radius 2 is 1.63 bits per heavy atom. The highest BCUT2D eigenvalue weighted by Gasteiger charge is 2.13. The topological polar surface area (TPSA) is 25.8 Å². The average Bonchev–Trinajstić information content (AvgIpc) is 2.33. The Morgan fingerprint density at radius 1 is 1.00 bits per heavy atom. The first-order valence-electron chi connectivity index (χ1n) is 5.83. The number of nitrogens with zero attached hydrogens (tertiary/aromatic N) is 2. The standard InChI is InChI=1S/C14H14Cl2N2S/c1-14(2,3)9-4-6-10(7-5-9)19-11-8-12(15)17-18-13(11)16/h4-8H,1-3H3. The smallest absolute Gasteiger partial charge is 0.137 e. The molecule has 0 unspecified atom stereocenters. The van der Waals surface area contributed by atoms with Crippen molar-refractivity contribution in [3.63, 3.8) is 0 Å². The fraction of sp³-hybridized carbons (Fsp3) is 0.286. The zero-order chi connectivity index (χ0) is 14.0. The Morgan fingerprint density at radius 3 is 2.21 bits per heavy atom. The molecule has 0 radical (unpaired) electrons. The van der Waals surface area contributed by atoms with Gasteiger partial charge >= 0.3 is 0 Å². The van der Waals surface area contributed by atoms with Crippen LogP contribution in [-0.4, -0.2) is 10.2 Å². The van der Waals surface area contributed by atoms with E-state index in [0.29, 0.717) is 10.3 Å². The third kappa shape index (κ3) is 3.85. The summed E-state index contributed by atoms with van der Waals surface area (Å²) in [6, 6.07) is 10.1. The minimum atomic E-state index is 0.155. The van der Waals surface area contributed by atoms with Crippen molar-refractivity contribution in [2.45, 2.75) is 36.0 Å². The van der Waals surface area contributed by atoms with Crippen molar-refractivity contribution < 1.29 is 0 Å². The first kappa shape index (κ1) is 14.6. The third-order valence-electron chi connectivity index (χ3n) is 2.63. The average molecular weight is 313 g/mol. The Labute approximate surface area is 127 Å². The fourth-order valence-corrected chi connectivity index (χ4v) is 2.80. The van der Waals surface area contributed by atoms with Crippen molar-refractivity contribution >= 4 is 35.0 Å². The molecule has 2 nitrogen and oxygen atoms in total. The van der Waals surface area contributed by atoms with Gasteiger partial charge in [0.1, 0.15) is 0 Å². The highest BCUT2D eigenvalue weighted by Crippen LogP contribution is 2.34. The normalized spacial score (nSPS) is 11.6.